The van der Waals surface area contributed by atoms with Gasteiger partial charge in [-0.1, -0.05) is 24.3 Å². The first-order valence-corrected chi connectivity index (χ1v) is 9.29. The lowest BCUT2D eigenvalue weighted by Crippen LogP contribution is -2.16. The first-order valence-electron chi connectivity index (χ1n) is 9.29. The van der Waals surface area contributed by atoms with Crippen molar-refractivity contribution < 1.29 is 19.0 Å². The van der Waals surface area contributed by atoms with E-state index >= 15 is 0 Å². The highest BCUT2D eigenvalue weighted by Crippen LogP contribution is 2.31. The monoisotopic (exact) mass is 395 g/mol. The number of hydrogen-bond donors (Lipinski definition) is 1. The molecule has 1 aromatic heterocycles. The van der Waals surface area contributed by atoms with Gasteiger partial charge in [0, 0.05) is 18.1 Å². The molecule has 1 amide bonds. The molecule has 0 bridgehead atoms. The van der Waals surface area contributed by atoms with Crippen LogP contribution in [0.1, 0.15) is 17.5 Å². The summed E-state index contributed by atoms with van der Waals surface area (Å²) >= 11 is 0. The average Bonchev–Trinajstić information content (AvgIpc) is 3.18. The molecular weight excluding hydrogens is 370 g/mol. The molecule has 0 saturated heterocycles. The Bertz CT molecular complexity index is 951. The van der Waals surface area contributed by atoms with Crippen LogP contribution >= 0.6 is 0 Å². The molecule has 1 N–H and O–H groups in total. The zero-order valence-corrected chi connectivity index (χ0v) is 16.8. The minimum atomic E-state index is -0.0693. The molecule has 152 valence electrons. The number of carbonyl (C=O) groups excluding carboxylic acids is 1. The number of anilines is 1. The Morgan fingerprint density at radius 1 is 1.00 bits per heavy atom. The number of para-hydroxylation sites is 1. The molecule has 0 saturated carbocycles. The van der Waals surface area contributed by atoms with Crippen LogP contribution < -0.4 is 19.5 Å². The van der Waals surface area contributed by atoms with E-state index in [9.17, 15) is 4.79 Å². The number of ether oxygens (including phenoxy) is 3. The lowest BCUT2D eigenvalue weighted by molar-refractivity contribution is -0.116. The molecular formula is C22H25N3O4. The molecule has 29 heavy (non-hydrogen) atoms. The SMILES string of the molecule is COc1ccc(CCC(=O)Nc2ccnn2Cc2cccc(OC)c2OC)cc1. The molecule has 0 radical (unpaired) electrons. The lowest BCUT2D eigenvalue weighted by atomic mass is 10.1. The molecule has 7 nitrogen and oxygen atoms in total. The van der Waals surface area contributed by atoms with Crippen molar-refractivity contribution in [3.63, 3.8) is 0 Å². The first-order chi connectivity index (χ1) is 14.1. The average molecular weight is 395 g/mol. The van der Waals surface area contributed by atoms with E-state index in [4.69, 9.17) is 14.2 Å². The van der Waals surface area contributed by atoms with E-state index < -0.39 is 0 Å². The van der Waals surface area contributed by atoms with E-state index in [1.807, 2.05) is 42.5 Å². The van der Waals surface area contributed by atoms with Gasteiger partial charge in [0.1, 0.15) is 11.6 Å². The molecule has 0 fully saturated rings. The lowest BCUT2D eigenvalue weighted by Gasteiger charge is -2.14. The van der Waals surface area contributed by atoms with Crippen molar-refractivity contribution in [1.29, 1.82) is 0 Å². The summed E-state index contributed by atoms with van der Waals surface area (Å²) in [5.41, 5.74) is 1.99. The molecule has 0 spiro atoms. The number of amides is 1. The maximum Gasteiger partial charge on any atom is 0.225 e. The Morgan fingerprint density at radius 3 is 2.48 bits per heavy atom. The summed E-state index contributed by atoms with van der Waals surface area (Å²) in [5, 5.41) is 7.26. The Morgan fingerprint density at radius 2 is 1.79 bits per heavy atom. The zero-order valence-electron chi connectivity index (χ0n) is 16.8. The van der Waals surface area contributed by atoms with Crippen molar-refractivity contribution in [2.75, 3.05) is 26.6 Å². The molecule has 0 aliphatic carbocycles. The Balaban J connectivity index is 1.63. The van der Waals surface area contributed by atoms with Crippen molar-refractivity contribution in [2.24, 2.45) is 0 Å². The van der Waals surface area contributed by atoms with Gasteiger partial charge in [0.15, 0.2) is 11.5 Å². The minimum Gasteiger partial charge on any atom is -0.497 e. The van der Waals surface area contributed by atoms with Crippen LogP contribution in [0, 0.1) is 0 Å². The van der Waals surface area contributed by atoms with Crippen LogP contribution in [0.4, 0.5) is 5.82 Å². The second-order valence-electron chi connectivity index (χ2n) is 6.42. The van der Waals surface area contributed by atoms with E-state index in [1.165, 1.54) is 0 Å². The van der Waals surface area contributed by atoms with Crippen molar-refractivity contribution in [2.45, 2.75) is 19.4 Å². The fourth-order valence-corrected chi connectivity index (χ4v) is 3.06. The molecule has 0 atom stereocenters. The highest BCUT2D eigenvalue weighted by molar-refractivity contribution is 5.90. The Hall–Kier alpha value is -3.48. The van der Waals surface area contributed by atoms with Crippen LogP contribution in [0.2, 0.25) is 0 Å². The van der Waals surface area contributed by atoms with Gasteiger partial charge < -0.3 is 19.5 Å². The largest absolute Gasteiger partial charge is 0.497 e. The maximum absolute atomic E-state index is 12.4. The number of carbonyl (C=O) groups is 1. The third-order valence-corrected chi connectivity index (χ3v) is 4.59. The molecule has 0 aliphatic rings. The van der Waals surface area contributed by atoms with Crippen molar-refractivity contribution in [1.82, 2.24) is 9.78 Å². The summed E-state index contributed by atoms with van der Waals surface area (Å²) in [4.78, 5) is 12.4. The summed E-state index contributed by atoms with van der Waals surface area (Å²) in [7, 11) is 4.84. The Labute approximate surface area is 170 Å². The van der Waals surface area contributed by atoms with Gasteiger partial charge in [0.25, 0.3) is 0 Å². The fourth-order valence-electron chi connectivity index (χ4n) is 3.06. The second-order valence-corrected chi connectivity index (χ2v) is 6.42. The first kappa shape index (κ1) is 20.3. The van der Waals surface area contributed by atoms with Gasteiger partial charge in [0.2, 0.25) is 5.91 Å². The molecule has 0 unspecified atom stereocenters. The van der Waals surface area contributed by atoms with E-state index in [0.29, 0.717) is 36.7 Å². The molecule has 3 aromatic rings. The zero-order chi connectivity index (χ0) is 20.6. The highest BCUT2D eigenvalue weighted by Gasteiger charge is 2.13. The molecule has 2 aromatic carbocycles. The third kappa shape index (κ3) is 5.07. The normalized spacial score (nSPS) is 10.4. The van der Waals surface area contributed by atoms with E-state index in [2.05, 4.69) is 10.4 Å². The smallest absolute Gasteiger partial charge is 0.225 e. The van der Waals surface area contributed by atoms with Gasteiger partial charge in [-0.3, -0.25) is 4.79 Å². The highest BCUT2D eigenvalue weighted by atomic mass is 16.5. The van der Waals surface area contributed by atoms with Crippen LogP contribution in [-0.2, 0) is 17.8 Å². The van der Waals surface area contributed by atoms with Gasteiger partial charge in [-0.05, 0) is 30.2 Å². The van der Waals surface area contributed by atoms with Gasteiger partial charge >= 0.3 is 0 Å². The number of methoxy groups -OCH3 is 3. The summed E-state index contributed by atoms with van der Waals surface area (Å²) in [6, 6.07) is 15.2. The molecule has 7 heteroatoms. The van der Waals surface area contributed by atoms with E-state index in [1.54, 1.807) is 38.3 Å². The van der Waals surface area contributed by atoms with Crippen LogP contribution in [-0.4, -0.2) is 37.0 Å². The van der Waals surface area contributed by atoms with Crippen LogP contribution in [0.25, 0.3) is 0 Å². The van der Waals surface area contributed by atoms with Crippen LogP contribution in [0.3, 0.4) is 0 Å². The summed E-state index contributed by atoms with van der Waals surface area (Å²) in [6.45, 7) is 0.446. The quantitative estimate of drug-likeness (QED) is 0.600. The van der Waals surface area contributed by atoms with Crippen LogP contribution in [0.5, 0.6) is 17.2 Å². The molecule has 0 aliphatic heterocycles. The summed E-state index contributed by atoms with van der Waals surface area (Å²) < 4.78 is 17.7. The van der Waals surface area contributed by atoms with Crippen molar-refractivity contribution in [3.8, 4) is 17.2 Å². The number of rotatable bonds is 9. The third-order valence-electron chi connectivity index (χ3n) is 4.59. The summed E-state index contributed by atoms with van der Waals surface area (Å²) in [6.07, 6.45) is 2.68. The predicted molar refractivity (Wildman–Crippen MR) is 111 cm³/mol. The van der Waals surface area contributed by atoms with Gasteiger partial charge in [0.05, 0.1) is 34.1 Å². The van der Waals surface area contributed by atoms with Gasteiger partial charge in [-0.25, -0.2) is 4.68 Å². The number of aryl methyl sites for hydroxylation is 1. The number of hydrogen-bond acceptors (Lipinski definition) is 5. The maximum atomic E-state index is 12.4. The number of nitrogens with zero attached hydrogens (tertiary/aromatic N) is 2. The molecule has 3 rings (SSSR count). The number of benzene rings is 2. The summed E-state index contributed by atoms with van der Waals surface area (Å²) in [5.74, 6) is 2.68. The molecule has 1 heterocycles. The standard InChI is InChI=1S/C22H25N3O4/c1-27-18-10-7-16(8-11-18)9-12-21(26)24-20-13-14-23-25(20)15-17-5-4-6-19(28-2)22(17)29-3/h4-8,10-11,13-14H,9,12,15H2,1-3H3,(H,24,26). The van der Waals surface area contributed by atoms with Gasteiger partial charge in [-0.2, -0.15) is 5.10 Å². The van der Waals surface area contributed by atoms with Crippen LogP contribution in [0.15, 0.2) is 54.7 Å². The number of nitrogens with one attached hydrogen (secondary N) is 1. The van der Waals surface area contributed by atoms with Gasteiger partial charge in [-0.15, -0.1) is 0 Å². The van der Waals surface area contributed by atoms with Crippen molar-refractivity contribution in [3.05, 3.63) is 65.9 Å². The Kier molecular flexibility index (Phi) is 6.73. The van der Waals surface area contributed by atoms with E-state index in [-0.39, 0.29) is 5.91 Å². The van der Waals surface area contributed by atoms with Crippen molar-refractivity contribution >= 4 is 11.7 Å². The second kappa shape index (κ2) is 9.64. The fraction of sp³-hybridized carbons (Fsp3) is 0.273. The topological polar surface area (TPSA) is 74.6 Å². The predicted octanol–water partition coefficient (Wildman–Crippen LogP) is 3.53. The number of aromatic nitrogens is 2. The van der Waals surface area contributed by atoms with E-state index in [0.717, 1.165) is 16.9 Å². The minimum absolute atomic E-state index is 0.0693.